The van der Waals surface area contributed by atoms with Crippen LogP contribution in [0.3, 0.4) is 0 Å². The molecule has 1 aliphatic rings. The molecule has 1 fully saturated rings. The first-order valence-corrected chi connectivity index (χ1v) is 10.6. The predicted octanol–water partition coefficient (Wildman–Crippen LogP) is 5.17. The third-order valence-electron chi connectivity index (χ3n) is 4.19. The molecule has 3 rings (SSSR count). The van der Waals surface area contributed by atoms with Crippen molar-refractivity contribution in [3.8, 4) is 11.5 Å². The fraction of sp³-hybridized carbons (Fsp3) is 0.217. The second kappa shape index (κ2) is 10.3. The Morgan fingerprint density at radius 1 is 1.10 bits per heavy atom. The van der Waals surface area contributed by atoms with Gasteiger partial charge in [0.05, 0.1) is 18.1 Å². The van der Waals surface area contributed by atoms with Gasteiger partial charge in [0.25, 0.3) is 5.91 Å². The van der Waals surface area contributed by atoms with E-state index in [-0.39, 0.29) is 11.8 Å². The van der Waals surface area contributed by atoms with Crippen molar-refractivity contribution in [1.82, 2.24) is 4.90 Å². The maximum Gasteiger partial charge on any atom is 0.266 e. The van der Waals surface area contributed by atoms with Gasteiger partial charge in [-0.3, -0.25) is 9.69 Å². The lowest BCUT2D eigenvalue weighted by Crippen LogP contribution is -2.27. The first-order chi connectivity index (χ1) is 14.1. The van der Waals surface area contributed by atoms with Gasteiger partial charge in [0, 0.05) is 18.0 Å². The molecule has 2 aromatic carbocycles. The van der Waals surface area contributed by atoms with Crippen LogP contribution in [-0.2, 0) is 4.79 Å². The standard InChI is InChI=1S/C23H23NO3S2/c1-3-13-24-22(25)21(29-23(24)28)14-18-9-7-8-12-20(18)27-16-17(2)15-26-19-10-5-4-6-11-19/h3-12,14,17H,1,13,15-16H2,2H3/b21-14+/t17-/m1/s1. The second-order valence-corrected chi connectivity index (χ2v) is 8.33. The number of thioether (sulfide) groups is 1. The van der Waals surface area contributed by atoms with Gasteiger partial charge in [0.1, 0.15) is 15.8 Å². The topological polar surface area (TPSA) is 38.8 Å². The fourth-order valence-electron chi connectivity index (χ4n) is 2.69. The molecule has 0 unspecified atom stereocenters. The first kappa shape index (κ1) is 21.1. The molecule has 4 nitrogen and oxygen atoms in total. The number of thiocarbonyl (C=S) groups is 1. The van der Waals surface area contributed by atoms with Crippen molar-refractivity contribution in [2.45, 2.75) is 6.92 Å². The van der Waals surface area contributed by atoms with Crippen LogP contribution in [0.1, 0.15) is 12.5 Å². The van der Waals surface area contributed by atoms with Crippen LogP contribution in [0.15, 0.2) is 72.2 Å². The van der Waals surface area contributed by atoms with Crippen molar-refractivity contribution in [2.75, 3.05) is 19.8 Å². The Bertz CT molecular complexity index is 911. The zero-order valence-electron chi connectivity index (χ0n) is 16.2. The summed E-state index contributed by atoms with van der Waals surface area (Å²) in [5.74, 6) is 1.68. The van der Waals surface area contributed by atoms with Crippen molar-refractivity contribution in [1.29, 1.82) is 0 Å². The van der Waals surface area contributed by atoms with Crippen molar-refractivity contribution >= 4 is 40.3 Å². The minimum Gasteiger partial charge on any atom is -0.493 e. The molecule has 0 aliphatic carbocycles. The minimum atomic E-state index is -0.0978. The highest BCUT2D eigenvalue weighted by molar-refractivity contribution is 8.26. The monoisotopic (exact) mass is 425 g/mol. The molecular weight excluding hydrogens is 402 g/mol. The number of rotatable bonds is 9. The number of carbonyl (C=O) groups excluding carboxylic acids is 1. The Balaban J connectivity index is 1.62. The van der Waals surface area contributed by atoms with E-state index in [2.05, 4.69) is 13.5 Å². The summed E-state index contributed by atoms with van der Waals surface area (Å²) in [4.78, 5) is 14.7. The van der Waals surface area contributed by atoms with E-state index in [1.165, 1.54) is 11.8 Å². The van der Waals surface area contributed by atoms with E-state index in [9.17, 15) is 4.79 Å². The Morgan fingerprint density at radius 3 is 2.55 bits per heavy atom. The van der Waals surface area contributed by atoms with E-state index in [4.69, 9.17) is 21.7 Å². The van der Waals surface area contributed by atoms with Crippen LogP contribution in [-0.4, -0.2) is 34.9 Å². The third-order valence-corrected chi connectivity index (χ3v) is 5.57. The number of amides is 1. The smallest absolute Gasteiger partial charge is 0.266 e. The number of ether oxygens (including phenoxy) is 2. The van der Waals surface area contributed by atoms with Gasteiger partial charge in [-0.05, 0) is 24.3 Å². The fourth-order valence-corrected chi connectivity index (χ4v) is 3.96. The molecule has 0 radical (unpaired) electrons. The van der Waals surface area contributed by atoms with Crippen molar-refractivity contribution in [3.63, 3.8) is 0 Å². The van der Waals surface area contributed by atoms with E-state index in [1.54, 1.807) is 11.0 Å². The predicted molar refractivity (Wildman–Crippen MR) is 123 cm³/mol. The highest BCUT2D eigenvalue weighted by atomic mass is 32.2. The average Bonchev–Trinajstić information content (AvgIpc) is 3.00. The highest BCUT2D eigenvalue weighted by Gasteiger charge is 2.31. The number of carbonyl (C=O) groups is 1. The van der Waals surface area contributed by atoms with Crippen LogP contribution in [0, 0.1) is 5.92 Å². The Labute approximate surface area is 181 Å². The van der Waals surface area contributed by atoms with E-state index in [1.807, 2.05) is 60.7 Å². The van der Waals surface area contributed by atoms with Gasteiger partial charge in [0.15, 0.2) is 0 Å². The molecule has 150 valence electrons. The zero-order chi connectivity index (χ0) is 20.6. The summed E-state index contributed by atoms with van der Waals surface area (Å²) in [5.41, 5.74) is 0.850. The Kier molecular flexibility index (Phi) is 7.49. The lowest BCUT2D eigenvalue weighted by atomic mass is 10.1. The lowest BCUT2D eigenvalue weighted by Gasteiger charge is -2.15. The molecule has 0 bridgehead atoms. The first-order valence-electron chi connectivity index (χ1n) is 9.34. The Hall–Kier alpha value is -2.57. The summed E-state index contributed by atoms with van der Waals surface area (Å²) in [5, 5.41) is 0. The number of benzene rings is 2. The van der Waals surface area contributed by atoms with Crippen LogP contribution in [0.25, 0.3) is 6.08 Å². The molecule has 1 atom stereocenters. The van der Waals surface area contributed by atoms with E-state index in [0.29, 0.717) is 29.0 Å². The maximum atomic E-state index is 12.6. The van der Waals surface area contributed by atoms with Gasteiger partial charge < -0.3 is 9.47 Å². The van der Waals surface area contributed by atoms with Gasteiger partial charge >= 0.3 is 0 Å². The highest BCUT2D eigenvalue weighted by Crippen LogP contribution is 2.34. The van der Waals surface area contributed by atoms with Crippen molar-refractivity contribution in [3.05, 3.63) is 77.7 Å². The molecule has 2 aromatic rings. The van der Waals surface area contributed by atoms with Crippen molar-refractivity contribution in [2.24, 2.45) is 5.92 Å². The molecule has 1 amide bonds. The molecule has 1 heterocycles. The summed E-state index contributed by atoms with van der Waals surface area (Å²) in [6.07, 6.45) is 3.51. The van der Waals surface area contributed by atoms with Gasteiger partial charge in [-0.15, -0.1) is 6.58 Å². The number of hydrogen-bond donors (Lipinski definition) is 0. The molecular formula is C23H23NO3S2. The molecule has 0 saturated carbocycles. The lowest BCUT2D eigenvalue weighted by molar-refractivity contribution is -0.121. The molecule has 1 aliphatic heterocycles. The van der Waals surface area contributed by atoms with Gasteiger partial charge in [0.2, 0.25) is 0 Å². The molecule has 0 spiro atoms. The van der Waals surface area contributed by atoms with Crippen LogP contribution >= 0.6 is 24.0 Å². The van der Waals surface area contributed by atoms with Gasteiger partial charge in [-0.25, -0.2) is 0 Å². The van der Waals surface area contributed by atoms with E-state index < -0.39 is 0 Å². The molecule has 0 N–H and O–H groups in total. The normalized spacial score (nSPS) is 16.2. The van der Waals surface area contributed by atoms with Crippen LogP contribution in [0.2, 0.25) is 0 Å². The SMILES string of the molecule is C=CCN1C(=O)/C(=C\c2ccccc2OC[C@H](C)COc2ccccc2)SC1=S. The number of para-hydroxylation sites is 2. The second-order valence-electron chi connectivity index (χ2n) is 6.66. The zero-order valence-corrected chi connectivity index (χ0v) is 17.9. The molecule has 0 aromatic heterocycles. The third kappa shape index (κ3) is 5.71. The summed E-state index contributed by atoms with van der Waals surface area (Å²) in [6.45, 7) is 7.24. The molecule has 6 heteroatoms. The number of nitrogens with zero attached hydrogens (tertiary/aromatic N) is 1. The van der Waals surface area contributed by atoms with Gasteiger partial charge in [-0.1, -0.05) is 73.4 Å². The summed E-state index contributed by atoms with van der Waals surface area (Å²) >= 11 is 6.60. The maximum absolute atomic E-state index is 12.6. The molecule has 29 heavy (non-hydrogen) atoms. The summed E-state index contributed by atoms with van der Waals surface area (Å²) in [6, 6.07) is 17.4. The molecule has 1 saturated heterocycles. The van der Waals surface area contributed by atoms with Crippen LogP contribution in [0.5, 0.6) is 11.5 Å². The van der Waals surface area contributed by atoms with Crippen LogP contribution in [0.4, 0.5) is 0 Å². The minimum absolute atomic E-state index is 0.0978. The average molecular weight is 426 g/mol. The van der Waals surface area contributed by atoms with E-state index >= 15 is 0 Å². The van der Waals surface area contributed by atoms with Crippen molar-refractivity contribution < 1.29 is 14.3 Å². The number of hydrogen-bond acceptors (Lipinski definition) is 5. The van der Waals surface area contributed by atoms with Crippen LogP contribution < -0.4 is 9.47 Å². The van der Waals surface area contributed by atoms with Gasteiger partial charge in [-0.2, -0.15) is 0 Å². The summed E-state index contributed by atoms with van der Waals surface area (Å²) < 4.78 is 12.4. The Morgan fingerprint density at radius 2 is 1.79 bits per heavy atom. The largest absolute Gasteiger partial charge is 0.493 e. The summed E-state index contributed by atoms with van der Waals surface area (Å²) in [7, 11) is 0. The quantitative estimate of drug-likeness (QED) is 0.315. The van der Waals surface area contributed by atoms with E-state index in [0.717, 1.165) is 17.1 Å².